The molecule has 2 aromatic heterocycles. The molecule has 5 N–H and O–H groups in total. The first-order valence-electron chi connectivity index (χ1n) is 11.2. The monoisotopic (exact) mass is 502 g/mol. The highest BCUT2D eigenvalue weighted by molar-refractivity contribution is 7.51. The van der Waals surface area contributed by atoms with Crippen molar-refractivity contribution < 1.29 is 43.8 Å². The minimum absolute atomic E-state index is 0.00189. The van der Waals surface area contributed by atoms with E-state index in [-0.39, 0.29) is 25.3 Å². The van der Waals surface area contributed by atoms with Crippen molar-refractivity contribution in [1.29, 1.82) is 0 Å². The maximum Gasteiger partial charge on any atom is 0.352 e. The first kappa shape index (κ1) is 25.3. The van der Waals surface area contributed by atoms with E-state index in [1.807, 2.05) is 0 Å². The Hall–Kier alpha value is -1.83. The Balaban J connectivity index is 1.60. The number of anilines is 1. The predicted octanol–water partition coefficient (Wildman–Crippen LogP) is 0.928. The molecule has 6 atom stereocenters. The van der Waals surface area contributed by atoms with Crippen molar-refractivity contribution in [3.05, 3.63) is 12.3 Å². The summed E-state index contributed by atoms with van der Waals surface area (Å²) in [4.78, 5) is 22.8. The van der Waals surface area contributed by atoms with E-state index in [0.29, 0.717) is 16.9 Å². The van der Waals surface area contributed by atoms with Crippen molar-refractivity contribution in [2.24, 2.45) is 0 Å². The molecule has 2 aliphatic rings. The normalized spacial score (nSPS) is 28.3. The summed E-state index contributed by atoms with van der Waals surface area (Å²) >= 11 is 0. The van der Waals surface area contributed by atoms with Crippen LogP contribution in [0.3, 0.4) is 0 Å². The van der Waals surface area contributed by atoms with Crippen LogP contribution in [-0.4, -0.2) is 85.1 Å². The highest BCUT2D eigenvalue weighted by Gasteiger charge is 2.44. The Bertz CT molecular complexity index is 1020. The summed E-state index contributed by atoms with van der Waals surface area (Å²) in [5, 5.41) is 34.8. The lowest BCUT2D eigenvalue weighted by Gasteiger charge is -2.19. The molecule has 0 amide bonds. The van der Waals surface area contributed by atoms with Gasteiger partial charge in [0.05, 0.1) is 11.5 Å². The molecule has 2 fully saturated rings. The molecule has 34 heavy (non-hydrogen) atoms. The van der Waals surface area contributed by atoms with Crippen molar-refractivity contribution in [1.82, 2.24) is 14.5 Å². The van der Waals surface area contributed by atoms with Crippen LogP contribution in [0.15, 0.2) is 12.3 Å². The first-order valence-corrected chi connectivity index (χ1v) is 13.2. The smallest absolute Gasteiger partial charge is 0.352 e. The number of nitrogens with one attached hydrogen (secondary N) is 1. The van der Waals surface area contributed by atoms with Crippen LogP contribution in [0.25, 0.3) is 11.0 Å². The number of fused-ring (bicyclic) bond motifs is 1. The molecule has 1 aliphatic heterocycles. The minimum atomic E-state index is -3.87. The fraction of sp³-hybridized carbons (Fsp3) is 0.700. The molecule has 190 valence electrons. The Morgan fingerprint density at radius 3 is 2.71 bits per heavy atom. The van der Waals surface area contributed by atoms with Crippen LogP contribution < -0.4 is 10.1 Å². The third kappa shape index (κ3) is 5.86. The van der Waals surface area contributed by atoms with Gasteiger partial charge in [0, 0.05) is 18.9 Å². The molecule has 0 aromatic carbocycles. The van der Waals surface area contributed by atoms with E-state index in [1.54, 1.807) is 23.8 Å². The second-order valence-corrected chi connectivity index (χ2v) is 10.6. The van der Waals surface area contributed by atoms with Crippen molar-refractivity contribution in [3.8, 4) is 6.01 Å². The number of aliphatic hydroxyl groups excluding tert-OH is 3. The highest BCUT2D eigenvalue weighted by Crippen LogP contribution is 2.38. The molecule has 14 heteroatoms. The molecule has 0 bridgehead atoms. The molecule has 3 heterocycles. The van der Waals surface area contributed by atoms with Crippen LogP contribution in [-0.2, 0) is 18.9 Å². The zero-order chi connectivity index (χ0) is 24.5. The summed E-state index contributed by atoms with van der Waals surface area (Å²) in [6.45, 7) is 2.17. The van der Waals surface area contributed by atoms with Crippen LogP contribution in [0.2, 0.25) is 0 Å². The molecule has 13 nitrogen and oxygen atoms in total. The number of ether oxygens (including phenoxy) is 2. The van der Waals surface area contributed by atoms with Gasteiger partial charge in [-0.05, 0) is 25.8 Å². The van der Waals surface area contributed by atoms with Crippen LogP contribution >= 0.6 is 7.60 Å². The third-order valence-corrected chi connectivity index (χ3v) is 6.12. The zero-order valence-corrected chi connectivity index (χ0v) is 19.9. The van der Waals surface area contributed by atoms with Gasteiger partial charge in [-0.3, -0.25) is 4.57 Å². The van der Waals surface area contributed by atoms with Gasteiger partial charge in [0.15, 0.2) is 11.9 Å². The number of nitrogens with zero attached hydrogens (tertiary/aromatic N) is 3. The maximum absolute atomic E-state index is 11.2. The standard InChI is InChI=1S/C20H31N4O9P/c1-11(25)9-30-20-22-17(21-12-5-3-4-6-12)13-7-8-24(18(13)23-20)19-16(27)15(26)14(32-19)10-31-33-34(2,28)29/h7-8,11-12,14-16,19,25-27H,3-6,9-10H2,1-2H3,(H,28,29)(H,21,22,23)/t11?,14-,15-,16-,19-/m1/s1. The van der Waals surface area contributed by atoms with Crippen molar-refractivity contribution in [2.45, 2.75) is 69.3 Å². The van der Waals surface area contributed by atoms with Gasteiger partial charge in [-0.25, -0.2) is 4.89 Å². The average molecular weight is 502 g/mol. The molecule has 0 radical (unpaired) electrons. The van der Waals surface area contributed by atoms with Gasteiger partial charge in [0.2, 0.25) is 0 Å². The van der Waals surface area contributed by atoms with Gasteiger partial charge in [0.1, 0.15) is 37.3 Å². The summed E-state index contributed by atoms with van der Waals surface area (Å²) in [5.74, 6) is 0.569. The lowest BCUT2D eigenvalue weighted by Crippen LogP contribution is -2.33. The Labute approximate surface area is 196 Å². The molecule has 1 aliphatic carbocycles. The van der Waals surface area contributed by atoms with E-state index in [1.165, 1.54) is 0 Å². The maximum atomic E-state index is 11.2. The second kappa shape index (κ2) is 10.4. The van der Waals surface area contributed by atoms with E-state index < -0.39 is 38.2 Å². The van der Waals surface area contributed by atoms with E-state index >= 15 is 0 Å². The molecular formula is C20H31N4O9P. The summed E-state index contributed by atoms with van der Waals surface area (Å²) in [6.07, 6.45) is 0.531. The Kier molecular flexibility index (Phi) is 7.75. The molecule has 1 saturated heterocycles. The largest absolute Gasteiger partial charge is 0.461 e. The number of rotatable bonds is 10. The van der Waals surface area contributed by atoms with E-state index in [4.69, 9.17) is 19.3 Å². The fourth-order valence-corrected chi connectivity index (χ4v) is 4.40. The molecule has 2 aromatic rings. The quantitative estimate of drug-likeness (QED) is 0.177. The van der Waals surface area contributed by atoms with Crippen LogP contribution in [0.1, 0.15) is 38.8 Å². The summed E-state index contributed by atoms with van der Waals surface area (Å²) in [6, 6.07) is 2.10. The predicted molar refractivity (Wildman–Crippen MR) is 119 cm³/mol. The lowest BCUT2D eigenvalue weighted by molar-refractivity contribution is -0.238. The van der Waals surface area contributed by atoms with E-state index in [9.17, 15) is 19.9 Å². The van der Waals surface area contributed by atoms with Crippen molar-refractivity contribution in [3.63, 3.8) is 0 Å². The van der Waals surface area contributed by atoms with Crippen molar-refractivity contribution in [2.75, 3.05) is 25.2 Å². The third-order valence-electron chi connectivity index (χ3n) is 5.74. The average Bonchev–Trinajstić information content (AvgIpc) is 3.48. The number of aromatic nitrogens is 3. The van der Waals surface area contributed by atoms with Crippen LogP contribution in [0.5, 0.6) is 6.01 Å². The SMILES string of the molecule is CC(O)COc1nc(NC2CCCC2)c2ccn([C@@H]3O[C@H](COOP(C)(=O)O)[C@@H](O)[C@H]3O)c2n1. The summed E-state index contributed by atoms with van der Waals surface area (Å²) in [7, 11) is -3.87. The Morgan fingerprint density at radius 1 is 1.29 bits per heavy atom. The zero-order valence-electron chi connectivity index (χ0n) is 19.0. The molecular weight excluding hydrogens is 471 g/mol. The number of hydrogen-bond acceptors (Lipinski definition) is 11. The van der Waals surface area contributed by atoms with Crippen molar-refractivity contribution >= 4 is 24.4 Å². The number of aliphatic hydroxyl groups is 3. The van der Waals surface area contributed by atoms with Gasteiger partial charge in [-0.1, -0.05) is 12.8 Å². The second-order valence-electron chi connectivity index (χ2n) is 8.81. The van der Waals surface area contributed by atoms with Gasteiger partial charge in [-0.2, -0.15) is 9.97 Å². The topological polar surface area (TPSA) is 178 Å². The molecule has 4 rings (SSSR count). The van der Waals surface area contributed by atoms with Crippen LogP contribution in [0, 0.1) is 0 Å². The summed E-state index contributed by atoms with van der Waals surface area (Å²) < 4.78 is 28.5. The fourth-order valence-electron chi connectivity index (χ4n) is 4.14. The molecule has 0 spiro atoms. The lowest BCUT2D eigenvalue weighted by atomic mass is 10.1. The molecule has 1 saturated carbocycles. The van der Waals surface area contributed by atoms with Gasteiger partial charge >= 0.3 is 13.6 Å². The van der Waals surface area contributed by atoms with E-state index in [2.05, 4.69) is 20.0 Å². The van der Waals surface area contributed by atoms with Gasteiger partial charge < -0.3 is 39.6 Å². The first-order chi connectivity index (χ1) is 16.1. The Morgan fingerprint density at radius 2 is 2.03 bits per heavy atom. The molecule has 2 unspecified atom stereocenters. The van der Waals surface area contributed by atoms with Gasteiger partial charge in [-0.15, -0.1) is 4.67 Å². The number of hydrogen-bond donors (Lipinski definition) is 5. The summed E-state index contributed by atoms with van der Waals surface area (Å²) in [5.41, 5.74) is 0.401. The minimum Gasteiger partial charge on any atom is -0.461 e. The van der Waals surface area contributed by atoms with E-state index in [0.717, 1.165) is 32.3 Å². The van der Waals surface area contributed by atoms with Gasteiger partial charge in [0.25, 0.3) is 0 Å². The highest BCUT2D eigenvalue weighted by atomic mass is 31.2. The van der Waals surface area contributed by atoms with Crippen LogP contribution in [0.4, 0.5) is 5.82 Å².